The summed E-state index contributed by atoms with van der Waals surface area (Å²) in [5.41, 5.74) is 12.9. The van der Waals surface area contributed by atoms with Gasteiger partial charge in [0.1, 0.15) is 0 Å². The second-order valence-corrected chi connectivity index (χ2v) is 6.74. The van der Waals surface area contributed by atoms with Gasteiger partial charge in [-0.25, -0.2) is 5.43 Å². The summed E-state index contributed by atoms with van der Waals surface area (Å²) in [7, 11) is 2.16. The Balaban J connectivity index is 1.73. The van der Waals surface area contributed by atoms with Gasteiger partial charge in [0, 0.05) is 30.5 Å². The van der Waals surface area contributed by atoms with Gasteiger partial charge >= 0.3 is 0 Å². The maximum Gasteiger partial charge on any atom is 0.0531 e. The molecule has 3 rings (SSSR count). The number of likely N-dealkylation sites (N-methyl/N-ethyl adjacent to an activating group) is 1. The lowest BCUT2D eigenvalue weighted by molar-refractivity contribution is 0.597. The molecule has 23 heavy (non-hydrogen) atoms. The van der Waals surface area contributed by atoms with Crippen molar-refractivity contribution in [2.24, 2.45) is 0 Å². The smallest absolute Gasteiger partial charge is 0.0531 e. The number of anilines is 2. The van der Waals surface area contributed by atoms with Crippen LogP contribution < -0.4 is 15.8 Å². The average molecular weight is 307 g/mol. The van der Waals surface area contributed by atoms with Crippen molar-refractivity contribution >= 4 is 16.9 Å². The average Bonchev–Trinajstić information content (AvgIpc) is 2.53. The molecule has 0 atom stereocenters. The molecule has 3 heteroatoms. The lowest BCUT2D eigenvalue weighted by Crippen LogP contribution is -2.42. The van der Waals surface area contributed by atoms with Gasteiger partial charge in [-0.2, -0.15) is 0 Å². The molecule has 0 amide bonds. The van der Waals surface area contributed by atoms with Gasteiger partial charge in [0.2, 0.25) is 0 Å². The monoisotopic (exact) mass is 307 g/mol. The molecule has 0 aliphatic carbocycles. The third-order valence-corrected chi connectivity index (χ3v) is 4.58. The third kappa shape index (κ3) is 3.25. The lowest BCUT2D eigenvalue weighted by Gasteiger charge is -2.40. The van der Waals surface area contributed by atoms with E-state index in [4.69, 9.17) is 0 Å². The van der Waals surface area contributed by atoms with Crippen LogP contribution in [0.1, 0.15) is 31.9 Å². The van der Waals surface area contributed by atoms with Gasteiger partial charge in [-0.15, -0.1) is 0 Å². The standard InChI is InChI=1S/C20H25N3/c1-15-13-20(2,3)23(4)19-11-10-16(12-18(15)19)14-21-22-17-8-6-5-7-9-17/h5-13,21-22H,14H2,1-4H3. The number of hydrogen-bond acceptors (Lipinski definition) is 3. The molecule has 3 nitrogen and oxygen atoms in total. The zero-order valence-corrected chi connectivity index (χ0v) is 14.4. The Morgan fingerprint density at radius 3 is 2.52 bits per heavy atom. The van der Waals surface area contributed by atoms with Gasteiger partial charge < -0.3 is 10.3 Å². The molecule has 1 aliphatic rings. The predicted octanol–water partition coefficient (Wildman–Crippen LogP) is 4.44. The van der Waals surface area contributed by atoms with E-state index in [0.717, 1.165) is 12.2 Å². The molecule has 2 aromatic carbocycles. The van der Waals surface area contributed by atoms with Crippen molar-refractivity contribution in [3.05, 3.63) is 65.7 Å². The van der Waals surface area contributed by atoms with Crippen LogP contribution in [0.5, 0.6) is 0 Å². The van der Waals surface area contributed by atoms with E-state index < -0.39 is 0 Å². The molecule has 120 valence electrons. The number of para-hydroxylation sites is 1. The number of nitrogens with one attached hydrogen (secondary N) is 2. The summed E-state index contributed by atoms with van der Waals surface area (Å²) in [6.45, 7) is 7.48. The highest BCUT2D eigenvalue weighted by Crippen LogP contribution is 2.38. The van der Waals surface area contributed by atoms with E-state index in [0.29, 0.717) is 0 Å². The maximum absolute atomic E-state index is 3.28. The van der Waals surface area contributed by atoms with Crippen molar-refractivity contribution < 1.29 is 0 Å². The van der Waals surface area contributed by atoms with Crippen molar-refractivity contribution in [2.75, 3.05) is 17.4 Å². The fourth-order valence-electron chi connectivity index (χ4n) is 3.09. The van der Waals surface area contributed by atoms with Crippen molar-refractivity contribution in [1.82, 2.24) is 5.43 Å². The van der Waals surface area contributed by atoms with E-state index in [1.807, 2.05) is 30.3 Å². The molecule has 0 spiro atoms. The van der Waals surface area contributed by atoms with Crippen molar-refractivity contribution in [1.29, 1.82) is 0 Å². The summed E-state index contributed by atoms with van der Waals surface area (Å²) in [6.07, 6.45) is 2.34. The summed E-state index contributed by atoms with van der Waals surface area (Å²) in [5, 5.41) is 0. The molecular formula is C20H25N3. The van der Waals surface area contributed by atoms with Crippen LogP contribution in [0.4, 0.5) is 11.4 Å². The number of fused-ring (bicyclic) bond motifs is 1. The molecule has 0 unspecified atom stereocenters. The highest BCUT2D eigenvalue weighted by molar-refractivity contribution is 5.81. The maximum atomic E-state index is 3.28. The number of allylic oxidation sites excluding steroid dienone is 1. The molecular weight excluding hydrogens is 282 g/mol. The number of hydrazine groups is 1. The lowest BCUT2D eigenvalue weighted by atomic mass is 9.88. The Labute approximate surface area is 139 Å². The van der Waals surface area contributed by atoms with Gasteiger partial charge in [0.25, 0.3) is 0 Å². The summed E-state index contributed by atoms with van der Waals surface area (Å²) < 4.78 is 0. The largest absolute Gasteiger partial charge is 0.366 e. The van der Waals surface area contributed by atoms with E-state index in [1.54, 1.807) is 0 Å². The Bertz CT molecular complexity index is 717. The minimum absolute atomic E-state index is 0.0612. The van der Waals surface area contributed by atoms with Crippen LogP contribution in [0.25, 0.3) is 5.57 Å². The van der Waals surface area contributed by atoms with Crippen LogP contribution in [0, 0.1) is 0 Å². The summed E-state index contributed by atoms with van der Waals surface area (Å²) in [6, 6.07) is 16.9. The summed E-state index contributed by atoms with van der Waals surface area (Å²) in [5.74, 6) is 0. The molecule has 2 aromatic rings. The van der Waals surface area contributed by atoms with E-state index in [1.165, 1.54) is 22.4 Å². The van der Waals surface area contributed by atoms with Crippen molar-refractivity contribution in [2.45, 2.75) is 32.9 Å². The highest BCUT2D eigenvalue weighted by atomic mass is 15.3. The van der Waals surface area contributed by atoms with Gasteiger partial charge in [-0.1, -0.05) is 30.3 Å². The van der Waals surface area contributed by atoms with Gasteiger partial charge in [0.05, 0.1) is 5.54 Å². The second kappa shape index (κ2) is 6.09. The normalized spacial score (nSPS) is 15.8. The van der Waals surface area contributed by atoms with Crippen LogP contribution in [-0.4, -0.2) is 12.6 Å². The Hall–Kier alpha value is -2.26. The first-order valence-corrected chi connectivity index (χ1v) is 8.08. The zero-order valence-electron chi connectivity index (χ0n) is 14.4. The van der Waals surface area contributed by atoms with Gasteiger partial charge in [0.15, 0.2) is 0 Å². The van der Waals surface area contributed by atoms with Crippen LogP contribution in [-0.2, 0) is 6.54 Å². The van der Waals surface area contributed by atoms with Crippen LogP contribution in [0.3, 0.4) is 0 Å². The first-order chi connectivity index (χ1) is 11.0. The number of benzene rings is 2. The first kappa shape index (κ1) is 15.6. The minimum Gasteiger partial charge on any atom is -0.366 e. The highest BCUT2D eigenvalue weighted by Gasteiger charge is 2.28. The SMILES string of the molecule is CC1=CC(C)(C)N(C)c2ccc(CNNc3ccccc3)cc21. The predicted molar refractivity (Wildman–Crippen MR) is 99.5 cm³/mol. The topological polar surface area (TPSA) is 27.3 Å². The number of nitrogens with zero attached hydrogens (tertiary/aromatic N) is 1. The van der Waals surface area contributed by atoms with Crippen molar-refractivity contribution in [3.8, 4) is 0 Å². The molecule has 1 heterocycles. The number of hydrogen-bond donors (Lipinski definition) is 2. The van der Waals surface area contributed by atoms with Crippen LogP contribution in [0.2, 0.25) is 0 Å². The third-order valence-electron chi connectivity index (χ3n) is 4.58. The second-order valence-electron chi connectivity index (χ2n) is 6.74. The zero-order chi connectivity index (χ0) is 16.4. The van der Waals surface area contributed by atoms with Crippen LogP contribution >= 0.6 is 0 Å². The van der Waals surface area contributed by atoms with Gasteiger partial charge in [-0.05, 0) is 56.2 Å². The summed E-state index contributed by atoms with van der Waals surface area (Å²) >= 11 is 0. The quantitative estimate of drug-likeness (QED) is 0.818. The Morgan fingerprint density at radius 1 is 1.04 bits per heavy atom. The molecule has 2 N–H and O–H groups in total. The molecule has 0 bridgehead atoms. The Morgan fingerprint density at radius 2 is 1.78 bits per heavy atom. The molecule has 0 saturated carbocycles. The number of rotatable bonds is 4. The minimum atomic E-state index is 0.0612. The van der Waals surface area contributed by atoms with Crippen LogP contribution in [0.15, 0.2) is 54.6 Å². The molecule has 0 radical (unpaired) electrons. The van der Waals surface area contributed by atoms with E-state index in [9.17, 15) is 0 Å². The van der Waals surface area contributed by atoms with E-state index in [-0.39, 0.29) is 5.54 Å². The molecule has 1 aliphatic heterocycles. The Kier molecular flexibility index (Phi) is 4.14. The molecule has 0 fully saturated rings. The fourth-order valence-corrected chi connectivity index (χ4v) is 3.09. The molecule has 0 aromatic heterocycles. The first-order valence-electron chi connectivity index (χ1n) is 8.08. The van der Waals surface area contributed by atoms with E-state index in [2.05, 4.69) is 67.8 Å². The van der Waals surface area contributed by atoms with Crippen molar-refractivity contribution in [3.63, 3.8) is 0 Å². The van der Waals surface area contributed by atoms with Gasteiger partial charge in [-0.3, -0.25) is 0 Å². The summed E-state index contributed by atoms with van der Waals surface area (Å²) in [4.78, 5) is 2.34. The van der Waals surface area contributed by atoms with E-state index >= 15 is 0 Å². The molecule has 0 saturated heterocycles. The fraction of sp³-hybridized carbons (Fsp3) is 0.300.